The number of aromatic nitrogens is 1. The summed E-state index contributed by atoms with van der Waals surface area (Å²) in [6.45, 7) is 0. The molecule has 0 spiro atoms. The van der Waals surface area contributed by atoms with E-state index in [2.05, 4.69) is 20.9 Å². The van der Waals surface area contributed by atoms with Crippen LogP contribution in [-0.4, -0.2) is 15.9 Å². The molecular weight excluding hydrogens is 316 g/mol. The van der Waals surface area contributed by atoms with Crippen LogP contribution in [-0.2, 0) is 0 Å². The van der Waals surface area contributed by atoms with Gasteiger partial charge in [-0.15, -0.1) is 0 Å². The molecule has 0 amide bonds. The molecule has 0 aliphatic heterocycles. The molecule has 2 aromatic rings. The van der Waals surface area contributed by atoms with Crippen molar-refractivity contribution in [2.75, 3.05) is 0 Å². The van der Waals surface area contributed by atoms with E-state index >= 15 is 0 Å². The van der Waals surface area contributed by atoms with Crippen LogP contribution < -0.4 is 4.74 Å². The number of nitrogens with zero attached hydrogens (tertiary/aromatic N) is 2. The number of para-hydroxylation sites is 1. The zero-order chi connectivity index (χ0) is 13.8. The molecule has 0 unspecified atom stereocenters. The molecule has 0 radical (unpaired) electrons. The Morgan fingerprint density at radius 1 is 1.26 bits per heavy atom. The molecular formula is C12H7BrN2O4. The van der Waals surface area contributed by atoms with E-state index in [0.29, 0.717) is 4.60 Å². The molecule has 0 bridgehead atoms. The van der Waals surface area contributed by atoms with Crippen LogP contribution in [0.2, 0.25) is 0 Å². The first-order chi connectivity index (χ1) is 9.09. The summed E-state index contributed by atoms with van der Waals surface area (Å²) in [4.78, 5) is 26.0. The van der Waals surface area contributed by atoms with Crippen LogP contribution in [0.4, 0.5) is 5.69 Å². The molecule has 96 valence electrons. The Morgan fingerprint density at radius 3 is 2.68 bits per heavy atom. The fraction of sp³-hybridized carbons (Fsp3) is 0. The predicted octanol–water partition coefficient (Wildman–Crippen LogP) is 2.97. The Bertz CT molecular complexity index is 645. The third kappa shape index (κ3) is 2.94. The summed E-state index contributed by atoms with van der Waals surface area (Å²) in [6.07, 6.45) is 1.52. The SMILES string of the molecule is O=C(Oc1cccnc1Br)c1ccccc1[N+](=O)[O-]. The second kappa shape index (κ2) is 5.57. The minimum absolute atomic E-state index is 0.108. The van der Waals surface area contributed by atoms with Crippen molar-refractivity contribution in [1.29, 1.82) is 0 Å². The number of nitro benzene ring substituents is 1. The van der Waals surface area contributed by atoms with Crippen LogP contribution in [0.25, 0.3) is 0 Å². The van der Waals surface area contributed by atoms with E-state index in [4.69, 9.17) is 4.74 Å². The lowest BCUT2D eigenvalue weighted by atomic mass is 10.2. The second-order valence-electron chi connectivity index (χ2n) is 3.46. The third-order valence-electron chi connectivity index (χ3n) is 2.25. The van der Waals surface area contributed by atoms with Gasteiger partial charge in [0.25, 0.3) is 5.69 Å². The van der Waals surface area contributed by atoms with Crippen LogP contribution in [0.15, 0.2) is 47.2 Å². The molecule has 1 heterocycles. The molecule has 6 nitrogen and oxygen atoms in total. The van der Waals surface area contributed by atoms with Crippen LogP contribution in [0.1, 0.15) is 10.4 Å². The number of pyridine rings is 1. The molecule has 19 heavy (non-hydrogen) atoms. The number of esters is 1. The van der Waals surface area contributed by atoms with Crippen molar-refractivity contribution in [3.05, 3.63) is 62.9 Å². The number of hydrogen-bond donors (Lipinski definition) is 0. The lowest BCUT2D eigenvalue weighted by Crippen LogP contribution is -2.11. The van der Waals surface area contributed by atoms with E-state index < -0.39 is 10.9 Å². The largest absolute Gasteiger partial charge is 0.420 e. The van der Waals surface area contributed by atoms with Gasteiger partial charge in [0.15, 0.2) is 5.75 Å². The van der Waals surface area contributed by atoms with Crippen LogP contribution in [0.3, 0.4) is 0 Å². The molecule has 0 N–H and O–H groups in total. The van der Waals surface area contributed by atoms with Gasteiger partial charge in [-0.05, 0) is 34.1 Å². The number of carbonyl (C=O) groups is 1. The van der Waals surface area contributed by atoms with E-state index in [-0.39, 0.29) is 17.0 Å². The Morgan fingerprint density at radius 2 is 2.00 bits per heavy atom. The summed E-state index contributed by atoms with van der Waals surface area (Å²) in [7, 11) is 0. The van der Waals surface area contributed by atoms with Crippen molar-refractivity contribution in [3.63, 3.8) is 0 Å². The van der Waals surface area contributed by atoms with Gasteiger partial charge in [0.05, 0.1) is 4.92 Å². The lowest BCUT2D eigenvalue weighted by molar-refractivity contribution is -0.385. The topological polar surface area (TPSA) is 82.3 Å². The molecule has 0 aliphatic rings. The minimum Gasteiger partial charge on any atom is -0.420 e. The maximum atomic E-state index is 11.9. The Balaban J connectivity index is 2.31. The number of rotatable bonds is 3. The molecule has 1 aromatic heterocycles. The van der Waals surface area contributed by atoms with Gasteiger partial charge >= 0.3 is 5.97 Å². The molecule has 0 saturated heterocycles. The highest BCUT2D eigenvalue weighted by Crippen LogP contribution is 2.24. The zero-order valence-electron chi connectivity index (χ0n) is 9.45. The Labute approximate surface area is 116 Å². The number of hydrogen-bond acceptors (Lipinski definition) is 5. The molecule has 1 aromatic carbocycles. The van der Waals surface area contributed by atoms with Crippen molar-refractivity contribution < 1.29 is 14.5 Å². The van der Waals surface area contributed by atoms with Gasteiger partial charge < -0.3 is 4.74 Å². The smallest absolute Gasteiger partial charge is 0.350 e. The standard InChI is InChI=1S/C12H7BrN2O4/c13-11-10(6-3-7-14-11)19-12(16)8-4-1-2-5-9(8)15(17)18/h1-7H. The number of halogens is 1. The van der Waals surface area contributed by atoms with Gasteiger partial charge in [0, 0.05) is 12.3 Å². The van der Waals surface area contributed by atoms with Gasteiger partial charge in [-0.1, -0.05) is 12.1 Å². The fourth-order valence-corrected chi connectivity index (χ4v) is 1.74. The van der Waals surface area contributed by atoms with Gasteiger partial charge in [-0.3, -0.25) is 10.1 Å². The van der Waals surface area contributed by atoms with Crippen molar-refractivity contribution in [2.45, 2.75) is 0 Å². The van der Waals surface area contributed by atoms with Crippen LogP contribution >= 0.6 is 15.9 Å². The number of carbonyl (C=O) groups excluding carboxylic acids is 1. The maximum Gasteiger partial charge on any atom is 0.350 e. The normalized spacial score (nSPS) is 9.95. The first-order valence-corrected chi connectivity index (χ1v) is 5.95. The van der Waals surface area contributed by atoms with E-state index in [9.17, 15) is 14.9 Å². The Hall–Kier alpha value is -2.28. The monoisotopic (exact) mass is 322 g/mol. The third-order valence-corrected chi connectivity index (χ3v) is 2.84. The summed E-state index contributed by atoms with van der Waals surface area (Å²) in [5, 5.41) is 10.8. The average Bonchev–Trinajstić information content (AvgIpc) is 2.41. The summed E-state index contributed by atoms with van der Waals surface area (Å²) in [5.41, 5.74) is -0.407. The van der Waals surface area contributed by atoms with Crippen molar-refractivity contribution in [1.82, 2.24) is 4.98 Å². The van der Waals surface area contributed by atoms with Crippen molar-refractivity contribution in [3.8, 4) is 5.75 Å². The van der Waals surface area contributed by atoms with Crippen LogP contribution in [0, 0.1) is 10.1 Å². The molecule has 7 heteroatoms. The Kier molecular flexibility index (Phi) is 3.86. The number of benzene rings is 1. The van der Waals surface area contributed by atoms with E-state index in [1.165, 1.54) is 36.5 Å². The lowest BCUT2D eigenvalue weighted by Gasteiger charge is -2.05. The number of ether oxygens (including phenoxy) is 1. The highest BCUT2D eigenvalue weighted by atomic mass is 79.9. The van der Waals surface area contributed by atoms with Crippen molar-refractivity contribution >= 4 is 27.6 Å². The second-order valence-corrected chi connectivity index (χ2v) is 4.21. The molecule has 2 rings (SSSR count). The fourth-order valence-electron chi connectivity index (χ4n) is 1.41. The summed E-state index contributed by atoms with van der Waals surface area (Å²) in [6, 6.07) is 8.72. The summed E-state index contributed by atoms with van der Waals surface area (Å²) >= 11 is 3.12. The molecule has 0 atom stereocenters. The molecule has 0 fully saturated rings. The number of nitro groups is 1. The zero-order valence-corrected chi connectivity index (χ0v) is 11.0. The summed E-state index contributed by atoms with van der Waals surface area (Å²) in [5.74, 6) is -0.605. The van der Waals surface area contributed by atoms with Crippen LogP contribution in [0.5, 0.6) is 5.75 Å². The highest BCUT2D eigenvalue weighted by Gasteiger charge is 2.21. The first kappa shape index (κ1) is 13.2. The van der Waals surface area contributed by atoms with Crippen molar-refractivity contribution in [2.24, 2.45) is 0 Å². The van der Waals surface area contributed by atoms with Gasteiger partial charge in [-0.2, -0.15) is 0 Å². The molecule has 0 saturated carbocycles. The maximum absolute atomic E-state index is 11.9. The first-order valence-electron chi connectivity index (χ1n) is 5.15. The van der Waals surface area contributed by atoms with Gasteiger partial charge in [-0.25, -0.2) is 9.78 Å². The average molecular weight is 323 g/mol. The van der Waals surface area contributed by atoms with E-state index in [1.807, 2.05) is 0 Å². The highest BCUT2D eigenvalue weighted by molar-refractivity contribution is 9.10. The minimum atomic E-state index is -0.805. The van der Waals surface area contributed by atoms with Gasteiger partial charge in [0.2, 0.25) is 0 Å². The summed E-state index contributed by atoms with van der Waals surface area (Å²) < 4.78 is 5.42. The molecule has 0 aliphatic carbocycles. The predicted molar refractivity (Wildman–Crippen MR) is 70.0 cm³/mol. The quantitative estimate of drug-likeness (QED) is 0.375. The van der Waals surface area contributed by atoms with Gasteiger partial charge in [0.1, 0.15) is 10.2 Å². The van der Waals surface area contributed by atoms with E-state index in [1.54, 1.807) is 6.07 Å². The van der Waals surface area contributed by atoms with E-state index in [0.717, 1.165) is 0 Å².